The van der Waals surface area contributed by atoms with Gasteiger partial charge in [0.1, 0.15) is 5.75 Å². The second-order valence-corrected chi connectivity index (χ2v) is 6.03. The molecule has 1 atom stereocenters. The van der Waals surface area contributed by atoms with Crippen LogP contribution in [0.15, 0.2) is 48.5 Å². The quantitative estimate of drug-likeness (QED) is 0.325. The second-order valence-electron chi connectivity index (χ2n) is 5.59. The Bertz CT molecular complexity index is 911. The molecule has 0 fully saturated rings. The fraction of sp³-hybridized carbons (Fsp3) is 0.158. The van der Waals surface area contributed by atoms with Crippen molar-refractivity contribution in [1.29, 1.82) is 0 Å². The number of nitro groups is 1. The number of nitrogens with one attached hydrogen (secondary N) is 1. The third-order valence-electron chi connectivity index (χ3n) is 3.60. The number of benzene rings is 2. The van der Waals surface area contributed by atoms with Gasteiger partial charge < -0.3 is 14.8 Å². The van der Waals surface area contributed by atoms with Crippen LogP contribution in [0.1, 0.15) is 12.5 Å². The van der Waals surface area contributed by atoms with E-state index < -0.39 is 22.9 Å². The highest BCUT2D eigenvalue weighted by atomic mass is 35.5. The molecule has 0 aliphatic heterocycles. The van der Waals surface area contributed by atoms with E-state index in [1.165, 1.54) is 38.3 Å². The highest BCUT2D eigenvalue weighted by Gasteiger charge is 2.20. The van der Waals surface area contributed by atoms with Crippen LogP contribution in [-0.2, 0) is 14.3 Å². The minimum absolute atomic E-state index is 0.0984. The van der Waals surface area contributed by atoms with Crippen LogP contribution in [0.25, 0.3) is 6.08 Å². The van der Waals surface area contributed by atoms with Crippen molar-refractivity contribution < 1.29 is 24.0 Å². The molecule has 146 valence electrons. The predicted octanol–water partition coefficient (Wildman–Crippen LogP) is 3.84. The summed E-state index contributed by atoms with van der Waals surface area (Å²) < 4.78 is 10.1. The Hall–Kier alpha value is -3.39. The molecule has 0 saturated carbocycles. The summed E-state index contributed by atoms with van der Waals surface area (Å²) in [6, 6.07) is 10.6. The summed E-state index contributed by atoms with van der Waals surface area (Å²) in [6.07, 6.45) is 1.57. The van der Waals surface area contributed by atoms with Crippen molar-refractivity contribution in [3.8, 4) is 5.75 Å². The maximum Gasteiger partial charge on any atom is 0.331 e. The molecule has 2 aromatic rings. The molecule has 28 heavy (non-hydrogen) atoms. The van der Waals surface area contributed by atoms with Gasteiger partial charge in [-0.3, -0.25) is 14.9 Å². The fourth-order valence-electron chi connectivity index (χ4n) is 2.15. The van der Waals surface area contributed by atoms with Crippen LogP contribution in [0.2, 0.25) is 5.02 Å². The van der Waals surface area contributed by atoms with E-state index >= 15 is 0 Å². The molecule has 0 aromatic heterocycles. The Morgan fingerprint density at radius 1 is 1.21 bits per heavy atom. The zero-order valence-electron chi connectivity index (χ0n) is 15.0. The molecule has 9 heteroatoms. The lowest BCUT2D eigenvalue weighted by Crippen LogP contribution is -2.29. The van der Waals surface area contributed by atoms with Crippen LogP contribution < -0.4 is 10.1 Å². The van der Waals surface area contributed by atoms with Crippen LogP contribution in [0, 0.1) is 10.1 Å². The molecule has 0 heterocycles. The summed E-state index contributed by atoms with van der Waals surface area (Å²) >= 11 is 5.79. The van der Waals surface area contributed by atoms with Crippen LogP contribution >= 0.6 is 11.6 Å². The van der Waals surface area contributed by atoms with Crippen LogP contribution in [0.4, 0.5) is 11.4 Å². The highest BCUT2D eigenvalue weighted by molar-refractivity contribution is 6.30. The first-order valence-electron chi connectivity index (χ1n) is 8.07. The molecule has 0 spiro atoms. The average Bonchev–Trinajstić information content (AvgIpc) is 2.67. The number of nitro benzene ring substituents is 1. The van der Waals surface area contributed by atoms with Gasteiger partial charge in [-0.2, -0.15) is 0 Å². The van der Waals surface area contributed by atoms with E-state index in [-0.39, 0.29) is 17.1 Å². The highest BCUT2D eigenvalue weighted by Crippen LogP contribution is 2.29. The molecule has 0 radical (unpaired) electrons. The molecule has 1 amide bonds. The molecule has 2 rings (SSSR count). The van der Waals surface area contributed by atoms with Gasteiger partial charge in [-0.25, -0.2) is 4.79 Å². The molecule has 0 aliphatic carbocycles. The minimum atomic E-state index is -1.13. The van der Waals surface area contributed by atoms with E-state index in [1.807, 2.05) is 0 Å². The summed E-state index contributed by atoms with van der Waals surface area (Å²) in [5.41, 5.74) is 0.618. The SMILES string of the molecule is COc1ccc([N+](=O)[O-])cc1NC(=O)[C@@H](C)OC(=O)/C=C/c1ccc(Cl)cc1. The van der Waals surface area contributed by atoms with Crippen molar-refractivity contribution in [2.75, 3.05) is 12.4 Å². The van der Waals surface area contributed by atoms with Gasteiger partial charge in [0.2, 0.25) is 0 Å². The van der Waals surface area contributed by atoms with E-state index in [0.717, 1.165) is 11.6 Å². The van der Waals surface area contributed by atoms with Gasteiger partial charge in [0.05, 0.1) is 17.7 Å². The van der Waals surface area contributed by atoms with E-state index in [0.29, 0.717) is 5.02 Å². The molecule has 0 saturated heterocycles. The van der Waals surface area contributed by atoms with Gasteiger partial charge in [-0.1, -0.05) is 23.7 Å². The van der Waals surface area contributed by atoms with Gasteiger partial charge in [-0.05, 0) is 36.8 Å². The number of hydrogen-bond donors (Lipinski definition) is 1. The lowest BCUT2D eigenvalue weighted by atomic mass is 10.2. The number of esters is 1. The number of carbonyl (C=O) groups excluding carboxylic acids is 2. The maximum absolute atomic E-state index is 12.3. The predicted molar refractivity (Wildman–Crippen MR) is 104 cm³/mol. The number of amides is 1. The molecule has 8 nitrogen and oxygen atoms in total. The zero-order chi connectivity index (χ0) is 20.7. The number of rotatable bonds is 7. The number of hydrogen-bond acceptors (Lipinski definition) is 6. The van der Waals surface area contributed by atoms with E-state index in [4.69, 9.17) is 21.1 Å². The third kappa shape index (κ3) is 5.82. The lowest BCUT2D eigenvalue weighted by Gasteiger charge is -2.14. The number of ether oxygens (including phenoxy) is 2. The van der Waals surface area contributed by atoms with E-state index in [1.54, 1.807) is 24.3 Å². The summed E-state index contributed by atoms with van der Waals surface area (Å²) in [6.45, 7) is 1.38. The Morgan fingerprint density at radius 3 is 2.50 bits per heavy atom. The Morgan fingerprint density at radius 2 is 1.89 bits per heavy atom. The number of nitrogens with zero attached hydrogens (tertiary/aromatic N) is 1. The number of carbonyl (C=O) groups is 2. The Labute approximate surface area is 165 Å². The van der Waals surface area contributed by atoms with E-state index in [2.05, 4.69) is 5.32 Å². The van der Waals surface area contributed by atoms with Gasteiger partial charge >= 0.3 is 5.97 Å². The minimum Gasteiger partial charge on any atom is -0.495 e. The number of non-ortho nitro benzene ring substituents is 1. The van der Waals surface area contributed by atoms with Gasteiger partial charge in [0.25, 0.3) is 11.6 Å². The Balaban J connectivity index is 2.00. The van der Waals surface area contributed by atoms with Crippen molar-refractivity contribution in [3.63, 3.8) is 0 Å². The molecule has 0 unspecified atom stereocenters. The van der Waals surface area contributed by atoms with Gasteiger partial charge in [-0.15, -0.1) is 0 Å². The van der Waals surface area contributed by atoms with Crippen LogP contribution in [0.5, 0.6) is 5.75 Å². The summed E-state index contributed by atoms with van der Waals surface area (Å²) in [5, 5.41) is 13.9. The molecule has 0 bridgehead atoms. The summed E-state index contributed by atoms with van der Waals surface area (Å²) in [7, 11) is 1.36. The molecule has 0 aliphatic rings. The third-order valence-corrected chi connectivity index (χ3v) is 3.85. The van der Waals surface area contributed by atoms with Crippen molar-refractivity contribution in [3.05, 3.63) is 69.2 Å². The van der Waals surface area contributed by atoms with Crippen LogP contribution in [0.3, 0.4) is 0 Å². The monoisotopic (exact) mass is 404 g/mol. The fourth-order valence-corrected chi connectivity index (χ4v) is 2.27. The number of methoxy groups -OCH3 is 1. The largest absolute Gasteiger partial charge is 0.495 e. The second kappa shape index (κ2) is 9.52. The Kier molecular flexibility index (Phi) is 7.11. The number of anilines is 1. The summed E-state index contributed by atoms with van der Waals surface area (Å²) in [5.74, 6) is -1.14. The first kappa shape index (κ1) is 20.9. The first-order valence-corrected chi connectivity index (χ1v) is 8.45. The topological polar surface area (TPSA) is 108 Å². The van der Waals surface area contributed by atoms with Crippen molar-refractivity contribution >= 4 is 40.9 Å². The molecular formula is C19H17ClN2O6. The first-order chi connectivity index (χ1) is 13.3. The average molecular weight is 405 g/mol. The van der Waals surface area contributed by atoms with Crippen molar-refractivity contribution in [2.24, 2.45) is 0 Å². The molecular weight excluding hydrogens is 388 g/mol. The standard InChI is InChI=1S/C19H17ClN2O6/c1-12(28-18(23)10-5-13-3-6-14(20)7-4-13)19(24)21-16-11-15(22(25)26)8-9-17(16)27-2/h3-12H,1-2H3,(H,21,24)/b10-5+/t12-/m1/s1. The van der Waals surface area contributed by atoms with Crippen molar-refractivity contribution in [1.82, 2.24) is 0 Å². The van der Waals surface area contributed by atoms with Gasteiger partial charge in [0.15, 0.2) is 6.10 Å². The lowest BCUT2D eigenvalue weighted by molar-refractivity contribution is -0.384. The number of halogens is 1. The zero-order valence-corrected chi connectivity index (χ0v) is 15.8. The molecule has 2 aromatic carbocycles. The van der Waals surface area contributed by atoms with Gasteiger partial charge in [0, 0.05) is 23.2 Å². The smallest absolute Gasteiger partial charge is 0.331 e. The van der Waals surface area contributed by atoms with Crippen molar-refractivity contribution in [2.45, 2.75) is 13.0 Å². The summed E-state index contributed by atoms with van der Waals surface area (Å²) in [4.78, 5) is 34.4. The van der Waals surface area contributed by atoms with E-state index in [9.17, 15) is 19.7 Å². The molecule has 1 N–H and O–H groups in total. The van der Waals surface area contributed by atoms with Crippen LogP contribution in [-0.4, -0.2) is 30.0 Å². The normalized spacial score (nSPS) is 11.7. The maximum atomic E-state index is 12.3.